The highest BCUT2D eigenvalue weighted by molar-refractivity contribution is 5.49. The molecule has 3 rings (SSSR count). The van der Waals surface area contributed by atoms with Gasteiger partial charge < -0.3 is 10.6 Å². The third kappa shape index (κ3) is 2.31. The van der Waals surface area contributed by atoms with Gasteiger partial charge in [0, 0.05) is 12.2 Å². The Kier molecular flexibility index (Phi) is 3.15. The summed E-state index contributed by atoms with van der Waals surface area (Å²) in [5.74, 6) is 0.746. The number of pyridine rings is 1. The topological polar surface area (TPSA) is 54.2 Å². The molecule has 1 atom stereocenters. The van der Waals surface area contributed by atoms with Crippen molar-refractivity contribution < 1.29 is 0 Å². The van der Waals surface area contributed by atoms with Gasteiger partial charge in [0.25, 0.3) is 0 Å². The van der Waals surface area contributed by atoms with Gasteiger partial charge in [-0.1, -0.05) is 6.07 Å². The molecule has 5 heteroatoms. The van der Waals surface area contributed by atoms with Crippen molar-refractivity contribution in [3.8, 4) is 0 Å². The van der Waals surface area contributed by atoms with Crippen LogP contribution in [0.3, 0.4) is 0 Å². The Hall–Kier alpha value is -1.62. The molecule has 1 saturated heterocycles. The van der Waals surface area contributed by atoms with E-state index in [-0.39, 0.29) is 0 Å². The third-order valence-electron chi connectivity index (χ3n) is 3.47. The van der Waals surface area contributed by atoms with Crippen LogP contribution in [0.1, 0.15) is 24.8 Å². The smallest absolute Gasteiger partial charge is 0.243 e. The van der Waals surface area contributed by atoms with Crippen LogP contribution in [-0.4, -0.2) is 33.7 Å². The Morgan fingerprint density at radius 3 is 3.22 bits per heavy atom. The number of nitrogens with one attached hydrogen (secondary N) is 2. The number of hydrogen-bond donors (Lipinski definition) is 2. The number of aryl methyl sites for hydroxylation is 1. The summed E-state index contributed by atoms with van der Waals surface area (Å²) in [6, 6.07) is 4.54. The molecule has 0 aromatic carbocycles. The van der Waals surface area contributed by atoms with E-state index in [0.717, 1.165) is 36.7 Å². The molecule has 2 aromatic heterocycles. The normalized spacial score (nSPS) is 20.8. The molecule has 0 radical (unpaired) electrons. The lowest BCUT2D eigenvalue weighted by molar-refractivity contribution is 0.631. The molecule has 1 unspecified atom stereocenters. The molecule has 0 aliphatic carbocycles. The van der Waals surface area contributed by atoms with Crippen molar-refractivity contribution in [3.05, 3.63) is 23.9 Å². The molecule has 0 spiro atoms. The quantitative estimate of drug-likeness (QED) is 0.843. The molecule has 0 amide bonds. The number of anilines is 1. The van der Waals surface area contributed by atoms with Crippen molar-refractivity contribution >= 4 is 11.6 Å². The lowest BCUT2D eigenvalue weighted by Crippen LogP contribution is -2.22. The summed E-state index contributed by atoms with van der Waals surface area (Å²) in [6.45, 7) is 4.25. The summed E-state index contributed by atoms with van der Waals surface area (Å²) in [6.07, 6.45) is 5.47. The van der Waals surface area contributed by atoms with Crippen LogP contribution in [0.4, 0.5) is 5.95 Å². The van der Waals surface area contributed by atoms with Gasteiger partial charge in [-0.3, -0.25) is 0 Å². The van der Waals surface area contributed by atoms with Crippen molar-refractivity contribution in [1.82, 2.24) is 19.9 Å². The zero-order valence-electron chi connectivity index (χ0n) is 10.7. The van der Waals surface area contributed by atoms with E-state index in [1.165, 1.54) is 12.8 Å². The lowest BCUT2D eigenvalue weighted by Gasteiger charge is -2.13. The van der Waals surface area contributed by atoms with Crippen LogP contribution in [0.5, 0.6) is 0 Å². The maximum atomic E-state index is 4.56. The second kappa shape index (κ2) is 4.94. The highest BCUT2D eigenvalue weighted by Gasteiger charge is 2.14. The molecule has 1 aliphatic heterocycles. The summed E-state index contributed by atoms with van der Waals surface area (Å²) < 4.78 is 1.84. The van der Waals surface area contributed by atoms with E-state index in [1.807, 2.05) is 16.8 Å². The standard InChI is InChI=1S/C13H19N5/c1-10-4-3-9-18-12(10)16-13(17-18)15-11-5-2-7-14-8-6-11/h3-4,9,11,14H,2,5-8H2,1H3,(H,15,17). The number of fused-ring (bicyclic) bond motifs is 1. The first kappa shape index (κ1) is 11.5. The zero-order chi connectivity index (χ0) is 12.4. The van der Waals surface area contributed by atoms with Gasteiger partial charge >= 0.3 is 0 Å². The summed E-state index contributed by atoms with van der Waals surface area (Å²) in [5, 5.41) is 11.3. The molecule has 3 heterocycles. The summed E-state index contributed by atoms with van der Waals surface area (Å²) in [7, 11) is 0. The van der Waals surface area contributed by atoms with Gasteiger partial charge in [-0.2, -0.15) is 4.98 Å². The van der Waals surface area contributed by atoms with Crippen LogP contribution >= 0.6 is 0 Å². The number of hydrogen-bond acceptors (Lipinski definition) is 4. The van der Waals surface area contributed by atoms with Crippen LogP contribution in [-0.2, 0) is 0 Å². The SMILES string of the molecule is Cc1cccn2nc(NC3CCCNCC3)nc12. The van der Waals surface area contributed by atoms with Crippen LogP contribution in [0.15, 0.2) is 18.3 Å². The fourth-order valence-electron chi connectivity index (χ4n) is 2.45. The van der Waals surface area contributed by atoms with E-state index in [9.17, 15) is 0 Å². The van der Waals surface area contributed by atoms with Gasteiger partial charge in [0.15, 0.2) is 5.65 Å². The van der Waals surface area contributed by atoms with E-state index in [1.54, 1.807) is 0 Å². The number of rotatable bonds is 2. The van der Waals surface area contributed by atoms with Crippen molar-refractivity contribution in [2.24, 2.45) is 0 Å². The third-order valence-corrected chi connectivity index (χ3v) is 3.47. The highest BCUT2D eigenvalue weighted by atomic mass is 15.3. The molecule has 2 N–H and O–H groups in total. The zero-order valence-corrected chi connectivity index (χ0v) is 10.7. The predicted octanol–water partition coefficient (Wildman–Crippen LogP) is 1.59. The monoisotopic (exact) mass is 245 g/mol. The molecule has 0 saturated carbocycles. The summed E-state index contributed by atoms with van der Waals surface area (Å²) in [5.41, 5.74) is 2.09. The summed E-state index contributed by atoms with van der Waals surface area (Å²) >= 11 is 0. The molecule has 5 nitrogen and oxygen atoms in total. The molecular formula is C13H19N5. The Morgan fingerprint density at radius 2 is 2.33 bits per heavy atom. The van der Waals surface area contributed by atoms with Crippen LogP contribution in [0.25, 0.3) is 5.65 Å². The minimum Gasteiger partial charge on any atom is -0.350 e. The maximum absolute atomic E-state index is 4.56. The van der Waals surface area contributed by atoms with Crippen molar-refractivity contribution in [2.45, 2.75) is 32.2 Å². The van der Waals surface area contributed by atoms with Crippen LogP contribution < -0.4 is 10.6 Å². The number of aromatic nitrogens is 3. The van der Waals surface area contributed by atoms with Gasteiger partial charge in [-0.05, 0) is 50.9 Å². The molecular weight excluding hydrogens is 226 g/mol. The van der Waals surface area contributed by atoms with Gasteiger partial charge in [0.1, 0.15) is 0 Å². The number of nitrogens with zero attached hydrogens (tertiary/aromatic N) is 3. The second-order valence-corrected chi connectivity index (χ2v) is 4.92. The Bertz CT molecular complexity index is 525. The van der Waals surface area contributed by atoms with E-state index in [2.05, 4.69) is 33.7 Å². The molecule has 1 fully saturated rings. The van der Waals surface area contributed by atoms with E-state index < -0.39 is 0 Å². The van der Waals surface area contributed by atoms with Crippen molar-refractivity contribution in [2.75, 3.05) is 18.4 Å². The highest BCUT2D eigenvalue weighted by Crippen LogP contribution is 2.14. The Labute approximate surface area is 107 Å². The van der Waals surface area contributed by atoms with E-state index in [0.29, 0.717) is 6.04 Å². The van der Waals surface area contributed by atoms with Crippen LogP contribution in [0, 0.1) is 6.92 Å². The largest absolute Gasteiger partial charge is 0.350 e. The predicted molar refractivity (Wildman–Crippen MR) is 71.9 cm³/mol. The first-order chi connectivity index (χ1) is 8.83. The second-order valence-electron chi connectivity index (χ2n) is 4.92. The van der Waals surface area contributed by atoms with Gasteiger partial charge in [0.05, 0.1) is 0 Å². The lowest BCUT2D eigenvalue weighted by atomic mass is 10.1. The van der Waals surface area contributed by atoms with Gasteiger partial charge in [0.2, 0.25) is 5.95 Å². The van der Waals surface area contributed by atoms with Crippen molar-refractivity contribution in [1.29, 1.82) is 0 Å². The van der Waals surface area contributed by atoms with Gasteiger partial charge in [-0.15, -0.1) is 5.10 Å². The molecule has 1 aliphatic rings. The fourth-order valence-corrected chi connectivity index (χ4v) is 2.45. The molecule has 18 heavy (non-hydrogen) atoms. The fraction of sp³-hybridized carbons (Fsp3) is 0.538. The van der Waals surface area contributed by atoms with Gasteiger partial charge in [-0.25, -0.2) is 4.52 Å². The first-order valence-electron chi connectivity index (χ1n) is 6.62. The average molecular weight is 245 g/mol. The van der Waals surface area contributed by atoms with Crippen LogP contribution in [0.2, 0.25) is 0 Å². The minimum atomic E-state index is 0.484. The van der Waals surface area contributed by atoms with Crippen molar-refractivity contribution in [3.63, 3.8) is 0 Å². The molecule has 96 valence electrons. The average Bonchev–Trinajstić information content (AvgIpc) is 2.60. The first-order valence-corrected chi connectivity index (χ1v) is 6.62. The Balaban J connectivity index is 1.79. The molecule has 2 aromatic rings. The maximum Gasteiger partial charge on any atom is 0.243 e. The van der Waals surface area contributed by atoms with E-state index >= 15 is 0 Å². The summed E-state index contributed by atoms with van der Waals surface area (Å²) in [4.78, 5) is 4.56. The van der Waals surface area contributed by atoms with E-state index in [4.69, 9.17) is 0 Å². The molecule has 0 bridgehead atoms. The minimum absolute atomic E-state index is 0.484. The Morgan fingerprint density at radius 1 is 1.39 bits per heavy atom.